The molecule has 1 atom stereocenters. The van der Waals surface area contributed by atoms with Gasteiger partial charge < -0.3 is 0 Å². The van der Waals surface area contributed by atoms with E-state index in [1.165, 1.54) is 13.8 Å². The van der Waals surface area contributed by atoms with E-state index in [1.54, 1.807) is 12.2 Å². The Labute approximate surface area is 82.5 Å². The first-order chi connectivity index (χ1) is 6.43. The fourth-order valence-corrected chi connectivity index (χ4v) is 1.43. The highest BCUT2D eigenvalue weighted by Gasteiger charge is 2.37. The molecule has 0 radical (unpaired) electrons. The summed E-state index contributed by atoms with van der Waals surface area (Å²) in [5.74, 6) is -4.37. The second-order valence-electron chi connectivity index (χ2n) is 3.91. The van der Waals surface area contributed by atoms with Gasteiger partial charge >= 0.3 is 0 Å². The molecule has 1 aliphatic carbocycles. The summed E-state index contributed by atoms with van der Waals surface area (Å²) in [4.78, 5) is 0. The van der Waals surface area contributed by atoms with Gasteiger partial charge in [-0.2, -0.15) is 0 Å². The lowest BCUT2D eigenvalue weighted by atomic mass is 9.95. The third-order valence-corrected chi connectivity index (χ3v) is 2.67. The van der Waals surface area contributed by atoms with Gasteiger partial charge in [-0.3, -0.25) is 0 Å². The summed E-state index contributed by atoms with van der Waals surface area (Å²) < 4.78 is 39.9. The first-order valence-electron chi connectivity index (χ1n) is 4.83. The third kappa shape index (κ3) is 2.63. The number of hydrogen-bond donors (Lipinski definition) is 0. The molecule has 1 rings (SSSR count). The Morgan fingerprint density at radius 1 is 1.43 bits per heavy atom. The Balaban J connectivity index is 2.91. The molecule has 0 fully saturated rings. The van der Waals surface area contributed by atoms with Gasteiger partial charge in [-0.15, -0.1) is 0 Å². The Morgan fingerprint density at radius 2 is 2.07 bits per heavy atom. The van der Waals surface area contributed by atoms with Gasteiger partial charge in [0.1, 0.15) is 5.83 Å². The summed E-state index contributed by atoms with van der Waals surface area (Å²) in [6.07, 6.45) is 3.58. The van der Waals surface area contributed by atoms with Gasteiger partial charge in [-0.1, -0.05) is 19.1 Å². The van der Waals surface area contributed by atoms with E-state index in [2.05, 4.69) is 0 Å². The maximum Gasteiger partial charge on any atom is 0.256 e. The van der Waals surface area contributed by atoms with Crippen molar-refractivity contribution in [1.82, 2.24) is 0 Å². The summed E-state index contributed by atoms with van der Waals surface area (Å²) in [6.45, 7) is 3.00. The van der Waals surface area contributed by atoms with Crippen molar-refractivity contribution in [2.24, 2.45) is 5.92 Å². The Kier molecular flexibility index (Phi) is 3.40. The van der Waals surface area contributed by atoms with E-state index >= 15 is 0 Å². The van der Waals surface area contributed by atoms with Crippen LogP contribution >= 0.6 is 0 Å². The molecule has 0 heterocycles. The summed E-state index contributed by atoms with van der Waals surface area (Å²) in [6, 6.07) is 0. The van der Waals surface area contributed by atoms with Crippen LogP contribution in [0.1, 0.15) is 33.1 Å². The normalized spacial score (nSPS) is 35.6. The molecule has 0 bridgehead atoms. The van der Waals surface area contributed by atoms with Crippen LogP contribution in [0.3, 0.4) is 0 Å². The standard InChI is InChI=1S/C11H15F3/c1-8-5-3-4-6-9(2)11(13,14)7-10(8)12/h3,5,9H,4,6-7H2,1-2H3/b5-3-,10-8+. The molecule has 80 valence electrons. The van der Waals surface area contributed by atoms with Gasteiger partial charge in [0.05, 0.1) is 6.42 Å². The highest BCUT2D eigenvalue weighted by molar-refractivity contribution is 5.21. The zero-order valence-electron chi connectivity index (χ0n) is 8.49. The van der Waals surface area contributed by atoms with Gasteiger partial charge in [-0.05, 0) is 25.3 Å². The van der Waals surface area contributed by atoms with Crippen molar-refractivity contribution in [3.8, 4) is 0 Å². The first kappa shape index (κ1) is 11.3. The van der Waals surface area contributed by atoms with Crippen molar-refractivity contribution < 1.29 is 13.2 Å². The lowest BCUT2D eigenvalue weighted by Crippen LogP contribution is -2.26. The first-order valence-corrected chi connectivity index (χ1v) is 4.83. The van der Waals surface area contributed by atoms with E-state index in [0.717, 1.165) is 0 Å². The van der Waals surface area contributed by atoms with Crippen molar-refractivity contribution >= 4 is 0 Å². The molecule has 0 aliphatic heterocycles. The molecule has 0 spiro atoms. The van der Waals surface area contributed by atoms with Crippen LogP contribution in [0, 0.1) is 5.92 Å². The molecular weight excluding hydrogens is 189 g/mol. The molecule has 1 aliphatic rings. The summed E-state index contributed by atoms with van der Waals surface area (Å²) >= 11 is 0. The van der Waals surface area contributed by atoms with Crippen LogP contribution in [-0.4, -0.2) is 5.92 Å². The van der Waals surface area contributed by atoms with Crippen molar-refractivity contribution in [3.05, 3.63) is 23.6 Å². The minimum absolute atomic E-state index is 0.318. The Morgan fingerprint density at radius 3 is 2.71 bits per heavy atom. The molecule has 0 saturated carbocycles. The maximum absolute atomic E-state index is 13.3. The van der Waals surface area contributed by atoms with Gasteiger partial charge in [0, 0.05) is 5.92 Å². The van der Waals surface area contributed by atoms with E-state index in [-0.39, 0.29) is 0 Å². The molecule has 0 N–H and O–H groups in total. The smallest absolute Gasteiger partial charge is 0.211 e. The molecule has 0 aromatic heterocycles. The summed E-state index contributed by atoms with van der Waals surface area (Å²) in [7, 11) is 0. The third-order valence-electron chi connectivity index (χ3n) is 2.67. The molecule has 3 heteroatoms. The average molecular weight is 204 g/mol. The molecule has 0 amide bonds. The number of rotatable bonds is 0. The molecule has 0 saturated heterocycles. The fourth-order valence-electron chi connectivity index (χ4n) is 1.43. The topological polar surface area (TPSA) is 0 Å². The van der Waals surface area contributed by atoms with E-state index in [9.17, 15) is 13.2 Å². The molecule has 0 nitrogen and oxygen atoms in total. The predicted octanol–water partition coefficient (Wildman–Crippen LogP) is 4.24. The predicted molar refractivity (Wildman–Crippen MR) is 50.9 cm³/mol. The number of hydrogen-bond acceptors (Lipinski definition) is 0. The van der Waals surface area contributed by atoms with Crippen molar-refractivity contribution in [2.75, 3.05) is 0 Å². The largest absolute Gasteiger partial charge is 0.256 e. The van der Waals surface area contributed by atoms with Crippen molar-refractivity contribution in [3.63, 3.8) is 0 Å². The van der Waals surface area contributed by atoms with Crippen LogP contribution < -0.4 is 0 Å². The lowest BCUT2D eigenvalue weighted by Gasteiger charge is -2.22. The van der Waals surface area contributed by atoms with Crippen molar-refractivity contribution in [2.45, 2.75) is 39.0 Å². The number of halogens is 3. The molecule has 14 heavy (non-hydrogen) atoms. The van der Waals surface area contributed by atoms with Gasteiger partial charge in [-0.25, -0.2) is 13.2 Å². The lowest BCUT2D eigenvalue weighted by molar-refractivity contribution is -0.0567. The molecule has 0 aromatic carbocycles. The van der Waals surface area contributed by atoms with E-state index in [4.69, 9.17) is 0 Å². The Hall–Kier alpha value is -0.730. The van der Waals surface area contributed by atoms with E-state index in [1.807, 2.05) is 0 Å². The quantitative estimate of drug-likeness (QED) is 0.553. The highest BCUT2D eigenvalue weighted by atomic mass is 19.3. The monoisotopic (exact) mass is 204 g/mol. The Bertz CT molecular complexity index is 264. The average Bonchev–Trinajstić information content (AvgIpc) is 2.12. The minimum atomic E-state index is -2.92. The van der Waals surface area contributed by atoms with Crippen LogP contribution in [0.2, 0.25) is 0 Å². The zero-order chi connectivity index (χ0) is 10.8. The van der Waals surface area contributed by atoms with Crippen LogP contribution in [0.15, 0.2) is 23.6 Å². The second kappa shape index (κ2) is 4.20. The minimum Gasteiger partial charge on any atom is -0.211 e. The summed E-state index contributed by atoms with van der Waals surface area (Å²) in [5.41, 5.74) is 0.318. The van der Waals surface area contributed by atoms with Crippen molar-refractivity contribution in [1.29, 1.82) is 0 Å². The highest BCUT2D eigenvalue weighted by Crippen LogP contribution is 2.36. The number of alkyl halides is 2. The van der Waals surface area contributed by atoms with Crippen LogP contribution in [0.4, 0.5) is 13.2 Å². The van der Waals surface area contributed by atoms with Gasteiger partial charge in [0.25, 0.3) is 5.92 Å². The second-order valence-corrected chi connectivity index (χ2v) is 3.91. The van der Waals surface area contributed by atoms with Gasteiger partial charge in [0.15, 0.2) is 0 Å². The zero-order valence-corrected chi connectivity index (χ0v) is 8.49. The van der Waals surface area contributed by atoms with E-state index in [0.29, 0.717) is 18.4 Å². The van der Waals surface area contributed by atoms with Crippen LogP contribution in [0.5, 0.6) is 0 Å². The molecule has 1 unspecified atom stereocenters. The maximum atomic E-state index is 13.3. The molecule has 0 aromatic rings. The van der Waals surface area contributed by atoms with Crippen LogP contribution in [-0.2, 0) is 0 Å². The van der Waals surface area contributed by atoms with Crippen LogP contribution in [0.25, 0.3) is 0 Å². The van der Waals surface area contributed by atoms with E-state index < -0.39 is 24.1 Å². The van der Waals surface area contributed by atoms with Gasteiger partial charge in [0.2, 0.25) is 0 Å². The SMILES string of the molecule is CC1=C(\F)CC(F)(F)C(C)CC/C=C\1. The fraction of sp³-hybridized carbons (Fsp3) is 0.636. The summed E-state index contributed by atoms with van der Waals surface area (Å²) in [5, 5.41) is 0. The number of allylic oxidation sites excluding steroid dienone is 4. The molecular formula is C11H15F3.